The maximum atomic E-state index is 10.7. The van der Waals surface area contributed by atoms with Crippen LogP contribution in [0.25, 0.3) is 0 Å². The second kappa shape index (κ2) is 7.19. The van der Waals surface area contributed by atoms with Crippen molar-refractivity contribution < 1.29 is 19.8 Å². The summed E-state index contributed by atoms with van der Waals surface area (Å²) >= 11 is 0. The fraction of sp³-hybridized carbons (Fsp3) is 0.714. The first kappa shape index (κ1) is 16.7. The molecule has 0 fully saturated rings. The molecule has 4 nitrogen and oxygen atoms in total. The van der Waals surface area contributed by atoms with Gasteiger partial charge in [0.2, 0.25) is 0 Å². The highest BCUT2D eigenvalue weighted by molar-refractivity contribution is 5.67. The summed E-state index contributed by atoms with van der Waals surface area (Å²) in [4.78, 5) is 19.7. The Hall–Kier alpha value is -1.32. The van der Waals surface area contributed by atoms with Crippen LogP contribution in [-0.2, 0) is 9.59 Å². The second-order valence-electron chi connectivity index (χ2n) is 5.60. The Balaban J connectivity index is 0.000000631. The van der Waals surface area contributed by atoms with E-state index < -0.39 is 11.9 Å². The Bertz CT molecular complexity index is 325. The Kier molecular flexibility index (Phi) is 6.66. The monoisotopic (exact) mass is 256 g/mol. The summed E-state index contributed by atoms with van der Waals surface area (Å²) in [5.41, 5.74) is 1.38. The number of carbonyl (C=O) groups is 2. The Morgan fingerprint density at radius 1 is 1.39 bits per heavy atom. The zero-order chi connectivity index (χ0) is 14.3. The van der Waals surface area contributed by atoms with Crippen molar-refractivity contribution in [3.8, 4) is 0 Å². The van der Waals surface area contributed by atoms with Crippen molar-refractivity contribution in [3.05, 3.63) is 11.6 Å². The first-order valence-electron chi connectivity index (χ1n) is 6.22. The molecule has 0 aromatic heterocycles. The van der Waals surface area contributed by atoms with E-state index in [-0.39, 0.29) is 11.8 Å². The molecule has 0 radical (unpaired) electrons. The molecule has 0 heterocycles. The molecule has 1 aliphatic rings. The quantitative estimate of drug-likeness (QED) is 0.759. The molecule has 1 aliphatic carbocycles. The number of hydrogen-bond donors (Lipinski definition) is 2. The summed E-state index contributed by atoms with van der Waals surface area (Å²) in [6, 6.07) is 0. The van der Waals surface area contributed by atoms with E-state index in [1.165, 1.54) is 5.57 Å². The van der Waals surface area contributed by atoms with Crippen LogP contribution in [0, 0.1) is 11.3 Å². The van der Waals surface area contributed by atoms with Crippen LogP contribution in [0.4, 0.5) is 0 Å². The zero-order valence-corrected chi connectivity index (χ0v) is 11.7. The van der Waals surface area contributed by atoms with E-state index in [2.05, 4.69) is 26.8 Å². The third-order valence-electron chi connectivity index (χ3n) is 3.35. The Morgan fingerprint density at radius 2 is 1.89 bits per heavy atom. The van der Waals surface area contributed by atoms with Crippen LogP contribution in [-0.4, -0.2) is 22.2 Å². The van der Waals surface area contributed by atoms with Crippen molar-refractivity contribution in [3.63, 3.8) is 0 Å². The molecule has 0 aromatic rings. The van der Waals surface area contributed by atoms with E-state index in [4.69, 9.17) is 15.0 Å². The van der Waals surface area contributed by atoms with Crippen LogP contribution in [0.15, 0.2) is 11.6 Å². The lowest BCUT2D eigenvalue weighted by Crippen LogP contribution is -2.28. The largest absolute Gasteiger partial charge is 0.481 e. The molecule has 0 aromatic carbocycles. The summed E-state index contributed by atoms with van der Waals surface area (Å²) in [5, 5.41) is 16.2. The summed E-state index contributed by atoms with van der Waals surface area (Å²) in [6.07, 6.45) is 5.87. The van der Waals surface area contributed by atoms with Crippen molar-refractivity contribution in [1.82, 2.24) is 0 Å². The van der Waals surface area contributed by atoms with Gasteiger partial charge in [0.25, 0.3) is 5.97 Å². The third-order valence-corrected chi connectivity index (χ3v) is 3.35. The summed E-state index contributed by atoms with van der Waals surface area (Å²) in [6.45, 7) is 7.38. The highest BCUT2D eigenvalue weighted by atomic mass is 16.4. The summed E-state index contributed by atoms with van der Waals surface area (Å²) < 4.78 is 0. The van der Waals surface area contributed by atoms with Crippen LogP contribution in [0.1, 0.15) is 53.4 Å². The highest BCUT2D eigenvalue weighted by Gasteiger charge is 2.32. The van der Waals surface area contributed by atoms with Crippen LogP contribution in [0.5, 0.6) is 0 Å². The lowest BCUT2D eigenvalue weighted by atomic mass is 9.70. The van der Waals surface area contributed by atoms with Crippen molar-refractivity contribution in [2.45, 2.75) is 53.4 Å². The number of aliphatic carboxylic acids is 2. The molecule has 4 heteroatoms. The van der Waals surface area contributed by atoms with Crippen LogP contribution in [0.3, 0.4) is 0 Å². The van der Waals surface area contributed by atoms with E-state index >= 15 is 0 Å². The fourth-order valence-electron chi connectivity index (χ4n) is 2.21. The summed E-state index contributed by atoms with van der Waals surface area (Å²) in [5.74, 6) is -0.983. The maximum Gasteiger partial charge on any atom is 0.303 e. The predicted molar refractivity (Wildman–Crippen MR) is 70.4 cm³/mol. The van der Waals surface area contributed by atoms with Crippen molar-refractivity contribution in [2.24, 2.45) is 11.3 Å². The van der Waals surface area contributed by atoms with Gasteiger partial charge in [-0.1, -0.05) is 25.5 Å². The molecule has 0 spiro atoms. The molecular weight excluding hydrogens is 232 g/mol. The third kappa shape index (κ3) is 7.09. The molecule has 104 valence electrons. The van der Waals surface area contributed by atoms with Gasteiger partial charge < -0.3 is 10.2 Å². The van der Waals surface area contributed by atoms with Gasteiger partial charge in [0, 0.05) is 6.92 Å². The average Bonchev–Trinajstić information content (AvgIpc) is 2.15. The van der Waals surface area contributed by atoms with Crippen molar-refractivity contribution >= 4 is 11.9 Å². The van der Waals surface area contributed by atoms with E-state index in [9.17, 15) is 4.79 Å². The topological polar surface area (TPSA) is 74.6 Å². The minimum absolute atomic E-state index is 0.0664. The smallest absolute Gasteiger partial charge is 0.303 e. The molecule has 1 unspecified atom stereocenters. The normalized spacial score (nSPS) is 19.3. The van der Waals surface area contributed by atoms with Gasteiger partial charge in [-0.15, -0.1) is 0 Å². The molecule has 0 amide bonds. The maximum absolute atomic E-state index is 10.7. The van der Waals surface area contributed by atoms with Gasteiger partial charge in [-0.05, 0) is 37.5 Å². The predicted octanol–water partition coefficient (Wildman–Crippen LogP) is 3.32. The van der Waals surface area contributed by atoms with Crippen LogP contribution in [0.2, 0.25) is 0 Å². The van der Waals surface area contributed by atoms with E-state index in [1.54, 1.807) is 0 Å². The lowest BCUT2D eigenvalue weighted by Gasteiger charge is -2.35. The first-order chi connectivity index (χ1) is 8.15. The minimum atomic E-state index is -0.833. The Labute approximate surface area is 109 Å². The number of carboxylic acids is 2. The Morgan fingerprint density at radius 3 is 2.22 bits per heavy atom. The van der Waals surface area contributed by atoms with Gasteiger partial charge in [0.1, 0.15) is 0 Å². The van der Waals surface area contributed by atoms with Gasteiger partial charge in [-0.2, -0.15) is 0 Å². The van der Waals surface area contributed by atoms with E-state index in [0.717, 1.165) is 26.2 Å². The van der Waals surface area contributed by atoms with Gasteiger partial charge in [-0.3, -0.25) is 9.59 Å². The fourth-order valence-corrected chi connectivity index (χ4v) is 2.21. The minimum Gasteiger partial charge on any atom is -0.481 e. The molecule has 1 atom stereocenters. The van der Waals surface area contributed by atoms with E-state index in [1.807, 2.05) is 0 Å². The summed E-state index contributed by atoms with van der Waals surface area (Å²) in [7, 11) is 0. The molecule has 2 N–H and O–H groups in total. The van der Waals surface area contributed by atoms with Gasteiger partial charge in [0.05, 0.1) is 6.42 Å². The van der Waals surface area contributed by atoms with Gasteiger partial charge >= 0.3 is 5.97 Å². The molecular formula is C14H24O4. The second-order valence-corrected chi connectivity index (χ2v) is 5.60. The SMILES string of the molecule is CC(=O)O.CC1=CCC(C(C)(C)CC(=O)O)CC1. The highest BCUT2D eigenvalue weighted by Crippen LogP contribution is 2.39. The van der Waals surface area contributed by atoms with Crippen molar-refractivity contribution in [1.29, 1.82) is 0 Å². The van der Waals surface area contributed by atoms with Crippen LogP contribution < -0.4 is 0 Å². The van der Waals surface area contributed by atoms with E-state index in [0.29, 0.717) is 5.92 Å². The first-order valence-corrected chi connectivity index (χ1v) is 6.22. The molecule has 1 rings (SSSR count). The molecule has 0 saturated heterocycles. The molecule has 0 aliphatic heterocycles. The average molecular weight is 256 g/mol. The number of hydrogen-bond acceptors (Lipinski definition) is 2. The number of carboxylic acid groups (broad SMARTS) is 2. The number of rotatable bonds is 3. The van der Waals surface area contributed by atoms with Gasteiger partial charge in [0.15, 0.2) is 0 Å². The molecule has 0 bridgehead atoms. The van der Waals surface area contributed by atoms with Crippen LogP contribution >= 0.6 is 0 Å². The number of allylic oxidation sites excluding steroid dienone is 2. The lowest BCUT2D eigenvalue weighted by molar-refractivity contribution is -0.140. The standard InChI is InChI=1S/C12H20O2.C2H4O2/c1-9-4-6-10(7-5-9)12(2,3)8-11(13)14;1-2(3)4/h4,10H,5-8H2,1-3H3,(H,13,14);1H3,(H,3,4). The zero-order valence-electron chi connectivity index (χ0n) is 11.7. The molecule has 18 heavy (non-hydrogen) atoms. The van der Waals surface area contributed by atoms with Crippen molar-refractivity contribution in [2.75, 3.05) is 0 Å². The molecule has 0 saturated carbocycles. The van der Waals surface area contributed by atoms with Gasteiger partial charge in [-0.25, -0.2) is 0 Å².